The largest absolute Gasteiger partial charge is 0.497 e. The molecule has 2 fully saturated rings. The number of ether oxygens (including phenoxy) is 1. The lowest BCUT2D eigenvalue weighted by molar-refractivity contribution is -0.131. The lowest BCUT2D eigenvalue weighted by atomic mass is 9.97. The molecule has 0 aromatic heterocycles. The van der Waals surface area contributed by atoms with Crippen molar-refractivity contribution in [3.05, 3.63) is 29.8 Å². The molecule has 0 aliphatic carbocycles. The van der Waals surface area contributed by atoms with Crippen LogP contribution in [0, 0.1) is 5.92 Å². The van der Waals surface area contributed by atoms with Gasteiger partial charge in [0.05, 0.1) is 13.7 Å². The quantitative estimate of drug-likeness (QED) is 0.892. The molecule has 1 aromatic carbocycles. The van der Waals surface area contributed by atoms with E-state index < -0.39 is 0 Å². The van der Waals surface area contributed by atoms with Gasteiger partial charge in [-0.05, 0) is 56.0 Å². The van der Waals surface area contributed by atoms with Crippen LogP contribution in [0.4, 0.5) is 0 Å². The smallest absolute Gasteiger partial charge is 0.237 e. The van der Waals surface area contributed by atoms with E-state index in [-0.39, 0.29) is 5.91 Å². The van der Waals surface area contributed by atoms with Crippen LogP contribution in [0.25, 0.3) is 0 Å². The summed E-state index contributed by atoms with van der Waals surface area (Å²) in [5.74, 6) is 1.86. The molecular formula is C19H29N3O2. The van der Waals surface area contributed by atoms with E-state index in [1.54, 1.807) is 7.11 Å². The van der Waals surface area contributed by atoms with E-state index in [2.05, 4.69) is 10.2 Å². The minimum atomic E-state index is 0.261. The molecule has 3 rings (SSSR count). The van der Waals surface area contributed by atoms with Gasteiger partial charge in [0.1, 0.15) is 5.75 Å². The molecule has 0 unspecified atom stereocenters. The highest BCUT2D eigenvalue weighted by Gasteiger charge is 2.24. The zero-order chi connectivity index (χ0) is 16.8. The Hall–Kier alpha value is -1.59. The van der Waals surface area contributed by atoms with Gasteiger partial charge < -0.3 is 15.0 Å². The van der Waals surface area contributed by atoms with Gasteiger partial charge in [-0.2, -0.15) is 0 Å². The number of nitrogens with zero attached hydrogens (tertiary/aromatic N) is 2. The fraction of sp³-hybridized carbons (Fsp3) is 0.632. The van der Waals surface area contributed by atoms with E-state index in [0.29, 0.717) is 13.1 Å². The Kier molecular flexibility index (Phi) is 6.10. The fourth-order valence-electron chi connectivity index (χ4n) is 3.68. The Bertz CT molecular complexity index is 526. The minimum Gasteiger partial charge on any atom is -0.497 e. The van der Waals surface area contributed by atoms with Gasteiger partial charge in [-0.1, -0.05) is 12.1 Å². The van der Waals surface area contributed by atoms with Gasteiger partial charge in [0.15, 0.2) is 0 Å². The van der Waals surface area contributed by atoms with Crippen molar-refractivity contribution in [2.45, 2.75) is 25.8 Å². The van der Waals surface area contributed by atoms with Crippen LogP contribution in [-0.2, 0) is 11.3 Å². The number of amides is 1. The van der Waals surface area contributed by atoms with Crippen LogP contribution in [0.2, 0.25) is 0 Å². The molecule has 2 aliphatic heterocycles. The van der Waals surface area contributed by atoms with Crippen LogP contribution in [0.3, 0.4) is 0 Å². The first-order chi connectivity index (χ1) is 11.7. The number of rotatable bonds is 5. The average Bonchev–Trinajstić information content (AvgIpc) is 2.78. The number of hydrogen-bond donors (Lipinski definition) is 1. The maximum atomic E-state index is 12.6. The van der Waals surface area contributed by atoms with Crippen LogP contribution < -0.4 is 10.1 Å². The first-order valence-corrected chi connectivity index (χ1v) is 9.08. The Morgan fingerprint density at radius 3 is 2.62 bits per heavy atom. The van der Waals surface area contributed by atoms with Crippen molar-refractivity contribution in [3.8, 4) is 5.75 Å². The van der Waals surface area contributed by atoms with Crippen molar-refractivity contribution in [3.63, 3.8) is 0 Å². The summed E-state index contributed by atoms with van der Waals surface area (Å²) in [7, 11) is 1.67. The molecule has 0 bridgehead atoms. The lowest BCUT2D eigenvalue weighted by Gasteiger charge is -2.28. The summed E-state index contributed by atoms with van der Waals surface area (Å²) in [6.07, 6.45) is 3.54. The van der Waals surface area contributed by atoms with Crippen molar-refractivity contribution in [2.75, 3.05) is 46.4 Å². The molecule has 2 saturated heterocycles. The maximum Gasteiger partial charge on any atom is 0.237 e. The van der Waals surface area contributed by atoms with Gasteiger partial charge in [0.2, 0.25) is 5.91 Å². The number of hydrogen-bond acceptors (Lipinski definition) is 4. The first kappa shape index (κ1) is 17.2. The number of nitrogens with one attached hydrogen (secondary N) is 1. The van der Waals surface area contributed by atoms with Crippen molar-refractivity contribution >= 4 is 5.91 Å². The number of methoxy groups -OCH3 is 1. The predicted molar refractivity (Wildman–Crippen MR) is 95.1 cm³/mol. The van der Waals surface area contributed by atoms with Crippen molar-refractivity contribution in [2.24, 2.45) is 5.92 Å². The summed E-state index contributed by atoms with van der Waals surface area (Å²) >= 11 is 0. The van der Waals surface area contributed by atoms with Crippen LogP contribution in [0.1, 0.15) is 24.8 Å². The fourth-order valence-corrected chi connectivity index (χ4v) is 3.68. The van der Waals surface area contributed by atoms with Crippen LogP contribution in [0.15, 0.2) is 24.3 Å². The van der Waals surface area contributed by atoms with Crippen LogP contribution >= 0.6 is 0 Å². The topological polar surface area (TPSA) is 44.8 Å². The van der Waals surface area contributed by atoms with Gasteiger partial charge in [0, 0.05) is 26.2 Å². The second-order valence-electron chi connectivity index (χ2n) is 6.95. The van der Waals surface area contributed by atoms with Gasteiger partial charge in [-0.25, -0.2) is 0 Å². The van der Waals surface area contributed by atoms with Crippen molar-refractivity contribution in [1.82, 2.24) is 15.1 Å². The average molecular weight is 331 g/mol. The van der Waals surface area contributed by atoms with E-state index in [9.17, 15) is 4.79 Å². The summed E-state index contributed by atoms with van der Waals surface area (Å²) in [5.41, 5.74) is 1.16. The second kappa shape index (κ2) is 8.49. The third-order valence-electron chi connectivity index (χ3n) is 5.12. The van der Waals surface area contributed by atoms with Crippen LogP contribution in [-0.4, -0.2) is 62.1 Å². The predicted octanol–water partition coefficient (Wildman–Crippen LogP) is 1.73. The number of carbonyl (C=O) groups is 1. The molecule has 5 heteroatoms. The Morgan fingerprint density at radius 1 is 1.17 bits per heavy atom. The standard InChI is InChI=1S/C19H29N3O2/c1-24-18-5-3-16(4-6-18)14-22-12-2-11-21(15-19(22)23)13-17-7-9-20-10-8-17/h3-6,17,20H,2,7-15H2,1H3. The molecule has 1 aromatic rings. The van der Waals surface area contributed by atoms with E-state index in [4.69, 9.17) is 4.74 Å². The summed E-state index contributed by atoms with van der Waals surface area (Å²) in [6, 6.07) is 8.01. The Labute approximate surface area is 145 Å². The number of benzene rings is 1. The molecule has 2 aliphatic rings. The minimum absolute atomic E-state index is 0.261. The Balaban J connectivity index is 1.53. The highest BCUT2D eigenvalue weighted by Crippen LogP contribution is 2.17. The summed E-state index contributed by atoms with van der Waals surface area (Å²) in [4.78, 5) is 17.0. The zero-order valence-corrected chi connectivity index (χ0v) is 14.7. The van der Waals surface area contributed by atoms with Crippen molar-refractivity contribution < 1.29 is 9.53 Å². The zero-order valence-electron chi connectivity index (χ0n) is 14.7. The number of piperidine rings is 1. The van der Waals surface area contributed by atoms with E-state index >= 15 is 0 Å². The molecule has 132 valence electrons. The van der Waals surface area contributed by atoms with E-state index in [1.165, 1.54) is 12.8 Å². The SMILES string of the molecule is COc1ccc(CN2CCCN(CC3CCNCC3)CC2=O)cc1. The normalized spacial score (nSPS) is 20.9. The molecule has 0 spiro atoms. The highest BCUT2D eigenvalue weighted by atomic mass is 16.5. The Morgan fingerprint density at radius 2 is 1.92 bits per heavy atom. The first-order valence-electron chi connectivity index (χ1n) is 9.08. The second-order valence-corrected chi connectivity index (χ2v) is 6.95. The lowest BCUT2D eigenvalue weighted by Crippen LogP contribution is -2.40. The molecule has 5 nitrogen and oxygen atoms in total. The van der Waals surface area contributed by atoms with Gasteiger partial charge in [0.25, 0.3) is 0 Å². The molecule has 24 heavy (non-hydrogen) atoms. The van der Waals surface area contributed by atoms with Crippen LogP contribution in [0.5, 0.6) is 5.75 Å². The van der Waals surface area contributed by atoms with Crippen molar-refractivity contribution in [1.29, 1.82) is 0 Å². The highest BCUT2D eigenvalue weighted by molar-refractivity contribution is 5.78. The molecule has 0 saturated carbocycles. The molecule has 0 radical (unpaired) electrons. The summed E-state index contributed by atoms with van der Waals surface area (Å²) in [6.45, 7) is 6.47. The number of carbonyl (C=O) groups excluding carboxylic acids is 1. The maximum absolute atomic E-state index is 12.6. The van der Waals surface area contributed by atoms with Gasteiger partial charge in [-0.3, -0.25) is 9.69 Å². The third-order valence-corrected chi connectivity index (χ3v) is 5.12. The summed E-state index contributed by atoms with van der Waals surface area (Å²) in [5, 5.41) is 3.41. The molecule has 2 heterocycles. The van der Waals surface area contributed by atoms with Gasteiger partial charge in [-0.15, -0.1) is 0 Å². The molecule has 1 amide bonds. The van der Waals surface area contributed by atoms with E-state index in [0.717, 1.165) is 56.4 Å². The van der Waals surface area contributed by atoms with Gasteiger partial charge >= 0.3 is 0 Å². The monoisotopic (exact) mass is 331 g/mol. The molecular weight excluding hydrogens is 302 g/mol. The molecule has 1 N–H and O–H groups in total. The van der Waals surface area contributed by atoms with E-state index in [1.807, 2.05) is 29.2 Å². The third kappa shape index (κ3) is 4.71. The summed E-state index contributed by atoms with van der Waals surface area (Å²) < 4.78 is 5.19. The molecule has 0 atom stereocenters.